The van der Waals surface area contributed by atoms with Crippen molar-refractivity contribution in [1.82, 2.24) is 0 Å². The van der Waals surface area contributed by atoms with Gasteiger partial charge in [0.05, 0.1) is 24.5 Å². The molecular formula is C21H20Cl2N2. The normalized spacial score (nSPS) is 10.5. The molecule has 0 radical (unpaired) electrons. The highest BCUT2D eigenvalue weighted by atomic mass is 35.5. The zero-order valence-electron chi connectivity index (χ0n) is 14.1. The summed E-state index contributed by atoms with van der Waals surface area (Å²) in [6.45, 7) is 3.31. The van der Waals surface area contributed by atoms with E-state index in [9.17, 15) is 0 Å². The van der Waals surface area contributed by atoms with Crippen LogP contribution in [0.15, 0.2) is 78.9 Å². The third-order valence-corrected chi connectivity index (χ3v) is 4.73. The number of halogens is 2. The minimum Gasteiger partial charge on any atom is -0.281 e. The molecule has 0 aromatic heterocycles. The number of rotatable bonds is 6. The molecule has 0 aliphatic rings. The molecule has 0 saturated carbocycles. The lowest BCUT2D eigenvalue weighted by molar-refractivity contribution is 1.01. The molecule has 128 valence electrons. The molecular weight excluding hydrogens is 351 g/mol. The maximum absolute atomic E-state index is 6.55. The predicted octanol–water partition coefficient (Wildman–Crippen LogP) is 6.32. The first-order valence-corrected chi connectivity index (χ1v) is 8.87. The van der Waals surface area contributed by atoms with Crippen molar-refractivity contribution in [2.75, 3.05) is 8.84 Å². The molecule has 0 unspecified atom stereocenters. The fourth-order valence-corrected chi connectivity index (χ4v) is 3.44. The lowest BCUT2D eigenvalue weighted by Gasteiger charge is -2.24. The van der Waals surface area contributed by atoms with Gasteiger partial charge < -0.3 is 0 Å². The zero-order valence-corrected chi connectivity index (χ0v) is 15.6. The van der Waals surface area contributed by atoms with Crippen LogP contribution in [0.4, 0.5) is 11.4 Å². The Morgan fingerprint density at radius 3 is 1.40 bits per heavy atom. The van der Waals surface area contributed by atoms with E-state index in [2.05, 4.69) is 24.3 Å². The fraction of sp³-hybridized carbons (Fsp3) is 0.143. The highest BCUT2D eigenvalue weighted by Gasteiger charge is 2.14. The minimum absolute atomic E-state index is 0.633. The summed E-state index contributed by atoms with van der Waals surface area (Å²) in [5.41, 5.74) is 5.30. The molecule has 3 aromatic rings. The van der Waals surface area contributed by atoms with Crippen LogP contribution in [0.3, 0.4) is 0 Å². The monoisotopic (exact) mass is 370 g/mol. The van der Waals surface area contributed by atoms with E-state index >= 15 is 0 Å². The molecule has 3 rings (SSSR count). The Kier molecular flexibility index (Phi) is 5.85. The standard InChI is InChI=1S/C21H20Cl2N2/c1-17-20(24(22)15-18-9-4-2-5-10-18)13-8-14-21(17)25(23)16-19-11-6-3-7-12-19/h2-14H,15-16H2,1H3. The van der Waals surface area contributed by atoms with E-state index < -0.39 is 0 Å². The van der Waals surface area contributed by atoms with Gasteiger partial charge in [0.1, 0.15) is 0 Å². The lowest BCUT2D eigenvalue weighted by Crippen LogP contribution is -2.15. The predicted molar refractivity (Wildman–Crippen MR) is 108 cm³/mol. The quantitative estimate of drug-likeness (QED) is 0.468. The second-order valence-electron chi connectivity index (χ2n) is 5.93. The van der Waals surface area contributed by atoms with E-state index in [-0.39, 0.29) is 0 Å². The molecule has 3 aromatic carbocycles. The number of hydrogen-bond donors (Lipinski definition) is 0. The average molecular weight is 371 g/mol. The van der Waals surface area contributed by atoms with Crippen molar-refractivity contribution >= 4 is 34.9 Å². The summed E-state index contributed by atoms with van der Waals surface area (Å²) in [7, 11) is 0. The van der Waals surface area contributed by atoms with E-state index in [4.69, 9.17) is 23.6 Å². The number of anilines is 2. The summed E-state index contributed by atoms with van der Waals surface area (Å²) in [4.78, 5) is 0. The SMILES string of the molecule is Cc1c(N(Cl)Cc2ccccc2)cccc1N(Cl)Cc1ccccc1. The second-order valence-corrected chi connectivity index (χ2v) is 6.75. The van der Waals surface area contributed by atoms with Crippen LogP contribution in [0.5, 0.6) is 0 Å². The van der Waals surface area contributed by atoms with Gasteiger partial charge in [0, 0.05) is 23.6 Å². The summed E-state index contributed by atoms with van der Waals surface area (Å²) >= 11 is 13.1. The van der Waals surface area contributed by atoms with Crippen molar-refractivity contribution in [3.8, 4) is 0 Å². The van der Waals surface area contributed by atoms with Gasteiger partial charge in [-0.2, -0.15) is 0 Å². The first-order valence-electron chi connectivity index (χ1n) is 8.19. The molecule has 0 N–H and O–H groups in total. The lowest BCUT2D eigenvalue weighted by atomic mass is 10.1. The Morgan fingerprint density at radius 2 is 1.00 bits per heavy atom. The van der Waals surface area contributed by atoms with Gasteiger partial charge >= 0.3 is 0 Å². The van der Waals surface area contributed by atoms with Crippen molar-refractivity contribution in [2.24, 2.45) is 0 Å². The Hall–Kier alpha value is -2.16. The van der Waals surface area contributed by atoms with Crippen LogP contribution >= 0.6 is 23.6 Å². The largest absolute Gasteiger partial charge is 0.281 e. The fourth-order valence-electron chi connectivity index (χ4n) is 2.80. The molecule has 0 amide bonds. The van der Waals surface area contributed by atoms with Gasteiger partial charge in [-0.05, 0) is 35.7 Å². The summed E-state index contributed by atoms with van der Waals surface area (Å²) in [6, 6.07) is 26.4. The number of hydrogen-bond acceptors (Lipinski definition) is 2. The van der Waals surface area contributed by atoms with Crippen LogP contribution < -0.4 is 8.84 Å². The summed E-state index contributed by atoms with van der Waals surface area (Å²) in [5, 5.41) is 0. The van der Waals surface area contributed by atoms with Crippen LogP contribution in [-0.2, 0) is 13.1 Å². The van der Waals surface area contributed by atoms with Crippen LogP contribution in [0.25, 0.3) is 0 Å². The Bertz CT molecular complexity index is 741. The molecule has 0 aliphatic heterocycles. The maximum atomic E-state index is 6.55. The highest BCUT2D eigenvalue weighted by Crippen LogP contribution is 2.33. The molecule has 0 heterocycles. The topological polar surface area (TPSA) is 6.48 Å². The number of nitrogens with zero attached hydrogens (tertiary/aromatic N) is 2. The Morgan fingerprint density at radius 1 is 0.600 bits per heavy atom. The molecule has 0 atom stereocenters. The van der Waals surface area contributed by atoms with Gasteiger partial charge in [0.15, 0.2) is 0 Å². The van der Waals surface area contributed by atoms with Gasteiger partial charge in [0.25, 0.3) is 0 Å². The minimum atomic E-state index is 0.633. The molecule has 0 bridgehead atoms. The summed E-state index contributed by atoms with van der Waals surface area (Å²) < 4.78 is 3.48. The maximum Gasteiger partial charge on any atom is 0.0599 e. The van der Waals surface area contributed by atoms with E-state index in [1.165, 1.54) is 0 Å². The first-order chi connectivity index (χ1) is 12.1. The molecule has 2 nitrogen and oxygen atoms in total. The van der Waals surface area contributed by atoms with Crippen molar-refractivity contribution in [3.63, 3.8) is 0 Å². The van der Waals surface area contributed by atoms with Crippen molar-refractivity contribution in [2.45, 2.75) is 20.0 Å². The Labute approximate surface area is 159 Å². The molecule has 0 saturated heterocycles. The van der Waals surface area contributed by atoms with E-state index in [0.717, 1.165) is 28.1 Å². The molecule has 0 aliphatic carbocycles. The van der Waals surface area contributed by atoms with Crippen LogP contribution in [-0.4, -0.2) is 0 Å². The van der Waals surface area contributed by atoms with Crippen molar-refractivity contribution in [1.29, 1.82) is 0 Å². The third kappa shape index (κ3) is 4.47. The molecule has 0 spiro atoms. The van der Waals surface area contributed by atoms with E-state index in [0.29, 0.717) is 13.1 Å². The van der Waals surface area contributed by atoms with E-state index in [1.807, 2.05) is 61.5 Å². The molecule has 25 heavy (non-hydrogen) atoms. The molecule has 0 fully saturated rings. The van der Waals surface area contributed by atoms with Gasteiger partial charge in [-0.1, -0.05) is 66.7 Å². The van der Waals surface area contributed by atoms with Gasteiger partial charge in [0.2, 0.25) is 0 Å². The Balaban J connectivity index is 1.79. The second kappa shape index (κ2) is 8.28. The van der Waals surface area contributed by atoms with Gasteiger partial charge in [-0.25, -0.2) is 0 Å². The van der Waals surface area contributed by atoms with Crippen LogP contribution in [0, 0.1) is 6.92 Å². The molecule has 4 heteroatoms. The average Bonchev–Trinajstić information content (AvgIpc) is 2.63. The number of benzene rings is 3. The van der Waals surface area contributed by atoms with Gasteiger partial charge in [-0.3, -0.25) is 8.84 Å². The van der Waals surface area contributed by atoms with Crippen LogP contribution in [0.1, 0.15) is 16.7 Å². The van der Waals surface area contributed by atoms with Crippen LogP contribution in [0.2, 0.25) is 0 Å². The van der Waals surface area contributed by atoms with E-state index in [1.54, 1.807) is 8.84 Å². The van der Waals surface area contributed by atoms with Crippen molar-refractivity contribution < 1.29 is 0 Å². The first kappa shape index (κ1) is 17.7. The highest BCUT2D eigenvalue weighted by molar-refractivity contribution is 6.27. The summed E-state index contributed by atoms with van der Waals surface area (Å²) in [5.74, 6) is 0. The zero-order chi connectivity index (χ0) is 17.6. The van der Waals surface area contributed by atoms with Crippen molar-refractivity contribution in [3.05, 3.63) is 95.6 Å². The summed E-state index contributed by atoms with van der Waals surface area (Å²) in [6.07, 6.45) is 0. The smallest absolute Gasteiger partial charge is 0.0599 e. The third-order valence-electron chi connectivity index (χ3n) is 4.13. The van der Waals surface area contributed by atoms with Gasteiger partial charge in [-0.15, -0.1) is 0 Å².